The number of aromatic nitrogens is 6. The van der Waals surface area contributed by atoms with Crippen molar-refractivity contribution in [2.45, 2.75) is 220 Å². The second-order valence-electron chi connectivity index (χ2n) is 32.8. The maximum Gasteiger partial charge on any atom is 1.00 e. The third kappa shape index (κ3) is 55.7. The van der Waals surface area contributed by atoms with Gasteiger partial charge in [0, 0.05) is 133 Å². The molecule has 8 N–H and O–H groups in total. The third-order valence-corrected chi connectivity index (χ3v) is 21.7. The van der Waals surface area contributed by atoms with Crippen molar-refractivity contribution in [1.82, 2.24) is 55.3 Å². The van der Waals surface area contributed by atoms with E-state index in [1.54, 1.807) is 76.8 Å². The zero-order valence-electron chi connectivity index (χ0n) is 88.5. The van der Waals surface area contributed by atoms with Crippen LogP contribution in [0.25, 0.3) is 22.1 Å². The number of rotatable bonds is 31. The van der Waals surface area contributed by atoms with E-state index in [2.05, 4.69) is 88.6 Å². The van der Waals surface area contributed by atoms with Gasteiger partial charge in [0.1, 0.15) is 22.5 Å². The van der Waals surface area contributed by atoms with E-state index in [1.165, 1.54) is 80.6 Å². The number of para-hydroxylation sites is 3. The number of Topliss-reactive ketones (excluding diaryl/α,β-unsaturated/α-hetero) is 1. The number of aromatic amines is 1. The second-order valence-corrected chi connectivity index (χ2v) is 33.8. The zero-order chi connectivity index (χ0) is 110. The van der Waals surface area contributed by atoms with Gasteiger partial charge < -0.3 is 70.8 Å². The van der Waals surface area contributed by atoms with Crippen LogP contribution in [-0.2, 0) is 122 Å². The number of carbonyl (C=O) groups excluding carboxylic acids is 8. The molecular weight excluding hydrogens is 2040 g/mol. The normalized spacial score (nSPS) is 15.4. The monoisotopic (exact) mass is 2190 g/mol. The Morgan fingerprint density at radius 3 is 1.37 bits per heavy atom. The molecule has 3 radical (unpaired) electrons. The average molecular weight is 2190 g/mol. The van der Waals surface area contributed by atoms with Gasteiger partial charge in [0.15, 0.2) is 0 Å². The summed E-state index contributed by atoms with van der Waals surface area (Å²) in [6.07, 6.45) is 5.93. The summed E-state index contributed by atoms with van der Waals surface area (Å²) < 4.78 is 145. The number of alkyl halides is 9. The van der Waals surface area contributed by atoms with Crippen molar-refractivity contribution in [3.8, 4) is 0 Å². The van der Waals surface area contributed by atoms with Gasteiger partial charge in [0.25, 0.3) is 0 Å². The van der Waals surface area contributed by atoms with Gasteiger partial charge in [-0.2, -0.15) is 50.5 Å². The van der Waals surface area contributed by atoms with E-state index < -0.39 is 95.7 Å². The summed E-state index contributed by atoms with van der Waals surface area (Å²) in [4.78, 5) is 92.5. The summed E-state index contributed by atoms with van der Waals surface area (Å²) in [5, 5.41) is 55.3. The van der Waals surface area contributed by atoms with Crippen LogP contribution in [0.5, 0.6) is 0 Å². The number of esters is 7. The van der Waals surface area contributed by atoms with E-state index in [0.717, 1.165) is 72.7 Å². The number of hydrogen-bond donors (Lipinski definition) is 7. The Labute approximate surface area is 908 Å². The fourth-order valence-electron chi connectivity index (χ4n) is 13.6. The minimum absolute atomic E-state index is 0. The molecule has 3 saturated heterocycles. The minimum Gasteiger partial charge on any atom is -1.00 e. The van der Waals surface area contributed by atoms with Gasteiger partial charge in [-0.05, 0) is 140 Å². The topological polar surface area (TPSA) is 415 Å². The molecule has 823 valence electrons. The number of benzene rings is 8. The van der Waals surface area contributed by atoms with Gasteiger partial charge in [0.05, 0.1) is 99.3 Å². The Hall–Kier alpha value is -11.2. The number of carbonyl (C=O) groups is 8. The van der Waals surface area contributed by atoms with Crippen LogP contribution in [0.1, 0.15) is 150 Å². The summed E-state index contributed by atoms with van der Waals surface area (Å²) in [7, 11) is 6.16. The number of aliphatic hydroxyl groups excluding tert-OH is 2. The van der Waals surface area contributed by atoms with Gasteiger partial charge >= 0.3 is 93.9 Å². The van der Waals surface area contributed by atoms with Crippen molar-refractivity contribution in [3.63, 3.8) is 0 Å². The molecule has 43 heteroatoms. The predicted octanol–water partition coefficient (Wildman–Crippen LogP) is 13.2. The van der Waals surface area contributed by atoms with E-state index >= 15 is 0 Å². The van der Waals surface area contributed by atoms with Crippen LogP contribution >= 0.6 is 15.9 Å². The number of nitrogens with zero attached hydrogens (tertiary/aromatic N) is 9. The number of likely N-dealkylation sites (tertiary alicyclic amines) is 2. The standard InChI is InChI=1S/C19H22N4O2.C17H23F2NO4.C15H17F2NO3.C13H17F2NO2.C12H17NO2.C7H9N.C6H5N3.C6H10O2.C4H5BrF2O2.C4H8O.C2H6O.CH4O.CH4.B.Na.H/c1-15(12-19(24)25-2)22(13-16-8-4-3-5-9-16)14-23-18-11-7-6-10-17(18)20-21-23;1-4-24-16(22)17(18,19)12-20(13(2)10-15(21)23-3)11-14-8-6-5-7-9-14;1-10-12(14(20)21-2)13(19)15(16,17)9-18(10)8-11-6-4-3-5-7-11;1-10-7-13(17,18)12(14,15)9-16(10)8-11-5-3-2-4-6-11;1-10(8-12(14)15-2)13-9-11-6-4-3-5-7-11;8-6-7-4-2-1-3-5-7;1-2-4-6-5(3-1)7-9-8-6;1-3-5-6(7)8-4-2;1-2-9-3(8)4(5,6)7;1-2-4-5-3-1;1-2-3;1-2;;;;/h3-11,15H,12-14H2,1-2H3;5-9,13H,4,10-12H2,1-3H3;3-7,10,12H,8-9H2,1-2H3;2-6,10,17-18H,7-9H2,1H3;3-7,10,13H,8-9H2,1-2H3;1-5H,6,8H2;1-4H,(H,7,8,9);3,5H,4H2,1-2H3;2H2,1H3;1-4H2;3H,2H2,1H3;2H,1H3;1H4;;;/q;;;;;;;;;;;;;;+1;-1/b;;;;;;;5-3+;;;;;;;;/t15-;13-;10-,12?;10-;;;;;;;;;;;;/m0000............/s1. The Bertz CT molecular complexity index is 5320. The molecule has 2 unspecified atom stereocenters. The van der Waals surface area contributed by atoms with Crippen molar-refractivity contribution in [2.75, 3.05) is 94.8 Å². The molecule has 0 amide bonds. The van der Waals surface area contributed by atoms with Crippen LogP contribution in [0, 0.1) is 5.92 Å². The third-order valence-electron chi connectivity index (χ3n) is 21.4. The quantitative estimate of drug-likeness (QED) is 0.00310. The molecule has 6 atom stereocenters. The summed E-state index contributed by atoms with van der Waals surface area (Å²) in [5.74, 6) is -21.6. The number of methoxy groups -OCH3 is 4. The van der Waals surface area contributed by atoms with Gasteiger partial charge in [-0.3, -0.25) is 43.6 Å². The second kappa shape index (κ2) is 78.0. The summed E-state index contributed by atoms with van der Waals surface area (Å²) >= 11 is 1.84. The molecule has 0 aliphatic carbocycles. The summed E-state index contributed by atoms with van der Waals surface area (Å²) in [6, 6.07) is 71.9. The minimum atomic E-state index is -3.66. The molecule has 3 aliphatic heterocycles. The molecule has 3 fully saturated rings. The van der Waals surface area contributed by atoms with Crippen LogP contribution in [-0.4, -0.2) is 280 Å². The van der Waals surface area contributed by atoms with E-state index in [9.17, 15) is 83.7 Å². The van der Waals surface area contributed by atoms with Crippen LogP contribution in [0.3, 0.4) is 0 Å². The first kappa shape index (κ1) is 141. The molecule has 8 aromatic carbocycles. The van der Waals surface area contributed by atoms with Gasteiger partial charge in [-0.15, -0.1) is 5.10 Å². The number of H-pyrrole nitrogens is 1. The number of hydrogen-bond acceptors (Lipinski definition) is 30. The number of piperidine rings is 2. The Kier molecular flexibility index (Phi) is 73.3. The maximum atomic E-state index is 14.1. The maximum absolute atomic E-state index is 14.1. The summed E-state index contributed by atoms with van der Waals surface area (Å²) in [5.41, 5.74) is 15.2. The first-order chi connectivity index (χ1) is 70.0. The molecule has 2 aromatic heterocycles. The smallest absolute Gasteiger partial charge is 1.00 e. The number of allylic oxidation sites excluding steroid dienone is 1. The Balaban J connectivity index is -0.00000165. The number of ether oxygens (including phenoxy) is 8. The van der Waals surface area contributed by atoms with Crippen molar-refractivity contribution in [1.29, 1.82) is 0 Å². The largest absolute Gasteiger partial charge is 1.00 e. The number of halogens is 9. The number of ketones is 1. The van der Waals surface area contributed by atoms with Crippen LogP contribution in [0.2, 0.25) is 0 Å². The first-order valence-corrected chi connectivity index (χ1v) is 48.2. The molecule has 0 bridgehead atoms. The van der Waals surface area contributed by atoms with Crippen molar-refractivity contribution in [2.24, 2.45) is 11.7 Å². The molecule has 0 saturated carbocycles. The van der Waals surface area contributed by atoms with E-state index in [0.29, 0.717) is 45.8 Å². The molecule has 0 spiro atoms. The van der Waals surface area contributed by atoms with Gasteiger partial charge in [0.2, 0.25) is 11.6 Å². The first-order valence-electron chi connectivity index (χ1n) is 47.4. The van der Waals surface area contributed by atoms with Crippen molar-refractivity contribution in [3.05, 3.63) is 276 Å². The molecular formula is C107H148BBrF8N12NaO20. The number of nitrogens with one attached hydrogen (secondary N) is 2. The summed E-state index contributed by atoms with van der Waals surface area (Å²) in [6.45, 7) is 21.0. The number of nitrogens with two attached hydrogens (primary N) is 1. The molecule has 150 heavy (non-hydrogen) atoms. The molecule has 13 rings (SSSR count). The van der Waals surface area contributed by atoms with Crippen LogP contribution in [0.4, 0.5) is 35.1 Å². The molecule has 32 nitrogen and oxygen atoms in total. The van der Waals surface area contributed by atoms with E-state index in [4.69, 9.17) is 25.4 Å². The van der Waals surface area contributed by atoms with Gasteiger partial charge in [-0.25, -0.2) is 19.1 Å². The van der Waals surface area contributed by atoms with Gasteiger partial charge in [-0.1, -0.05) is 225 Å². The van der Waals surface area contributed by atoms with Crippen LogP contribution < -0.4 is 40.6 Å². The molecule has 3 aliphatic rings. The van der Waals surface area contributed by atoms with Crippen molar-refractivity contribution < 1.29 is 163 Å². The SMILES string of the molecule is C.C/C=C/C(=O)OCC.C1CCOC1.CCO.CCOC(=O)C(F)(F)Br.CCOC(=O)C(F)(F)CN(Cc1ccccc1)[C@@H](C)CC(=O)OC.CO.COC(=O)C1C(=O)C(F)(F)CN(Cc2ccccc2)[C@H]1C.COC(=O)CC(C)NCc1ccccc1.COC(=O)C[C@H](C)N(Cc1ccccc1)Cn1nnc2ccccc21.C[C@H]1CC(O)(O)C(F)(F)CN1Cc1ccccc1.NCc1ccccc1.[B].[H-].[Na+].c1ccc2n[nH]nc2c1. The molecule has 10 aromatic rings. The fraction of sp³-hybridized carbons (Fsp3) is 0.458. The number of aliphatic hydroxyl groups is 4. The van der Waals surface area contributed by atoms with E-state index in [-0.39, 0.29) is 129 Å². The number of fused-ring (bicyclic) bond motifs is 2. The van der Waals surface area contributed by atoms with Crippen molar-refractivity contribution >= 4 is 94.0 Å². The molecule has 5 heterocycles. The van der Waals surface area contributed by atoms with Crippen LogP contribution in [0.15, 0.2) is 243 Å². The van der Waals surface area contributed by atoms with E-state index in [1.807, 2.05) is 216 Å². The predicted molar refractivity (Wildman–Crippen MR) is 559 cm³/mol. The Morgan fingerprint density at radius 2 is 0.973 bits per heavy atom. The zero-order valence-corrected chi connectivity index (χ0v) is 91.1. The average Bonchev–Trinajstić information content (AvgIpc) is 1.37. The fourth-order valence-corrected chi connectivity index (χ4v) is 13.7. The Morgan fingerprint density at radius 1 is 0.580 bits per heavy atom.